The molecule has 3 nitrogen and oxygen atoms in total. The summed E-state index contributed by atoms with van der Waals surface area (Å²) >= 11 is 0. The van der Waals surface area contributed by atoms with Crippen LogP contribution in [0.1, 0.15) is 18.1 Å². The molecule has 0 saturated carbocycles. The van der Waals surface area contributed by atoms with Crippen molar-refractivity contribution in [1.29, 1.82) is 0 Å². The highest BCUT2D eigenvalue weighted by Crippen LogP contribution is 2.14. The van der Waals surface area contributed by atoms with Gasteiger partial charge in [-0.3, -0.25) is 0 Å². The summed E-state index contributed by atoms with van der Waals surface area (Å²) in [5.41, 5.74) is 7.98. The van der Waals surface area contributed by atoms with Crippen molar-refractivity contribution in [3.8, 4) is 5.75 Å². The van der Waals surface area contributed by atoms with E-state index < -0.39 is 0 Å². The van der Waals surface area contributed by atoms with Gasteiger partial charge in [-0.05, 0) is 30.2 Å². The summed E-state index contributed by atoms with van der Waals surface area (Å²) in [6.07, 6.45) is 0. The first-order valence-electron chi connectivity index (χ1n) is 6.97. The van der Waals surface area contributed by atoms with Crippen LogP contribution in [0.25, 0.3) is 0 Å². The molecule has 0 unspecified atom stereocenters. The average Bonchev–Trinajstić information content (AvgIpc) is 2.52. The lowest BCUT2D eigenvalue weighted by Gasteiger charge is -2.11. The zero-order valence-corrected chi connectivity index (χ0v) is 11.9. The number of hydrogen-bond acceptors (Lipinski definition) is 3. The predicted molar refractivity (Wildman–Crippen MR) is 82.6 cm³/mol. The van der Waals surface area contributed by atoms with Crippen molar-refractivity contribution in [3.63, 3.8) is 0 Å². The molecule has 1 atom stereocenters. The lowest BCUT2D eigenvalue weighted by molar-refractivity contribution is 0.306. The maximum Gasteiger partial charge on any atom is 0.119 e. The maximum atomic E-state index is 5.75. The van der Waals surface area contributed by atoms with Crippen molar-refractivity contribution < 1.29 is 4.74 Å². The predicted octanol–water partition coefficient (Wildman–Crippen LogP) is 2.70. The lowest BCUT2D eigenvalue weighted by Crippen LogP contribution is -2.32. The van der Waals surface area contributed by atoms with Crippen molar-refractivity contribution in [2.45, 2.75) is 26.1 Å². The Bertz CT molecular complexity index is 496. The fraction of sp³-hybridized carbons (Fsp3) is 0.294. The molecule has 2 aromatic carbocycles. The van der Waals surface area contributed by atoms with Crippen LogP contribution in [0.2, 0.25) is 0 Å². The molecule has 0 aliphatic heterocycles. The maximum absolute atomic E-state index is 5.75. The number of nitrogens with two attached hydrogens (primary N) is 1. The second-order valence-corrected chi connectivity index (χ2v) is 4.94. The number of rotatable bonds is 7. The Morgan fingerprint density at radius 1 is 1.00 bits per heavy atom. The molecule has 0 radical (unpaired) electrons. The highest BCUT2D eigenvalue weighted by Gasteiger charge is 2.00. The molecule has 0 aliphatic rings. The third-order valence-electron chi connectivity index (χ3n) is 3.18. The summed E-state index contributed by atoms with van der Waals surface area (Å²) in [6, 6.07) is 18.7. The van der Waals surface area contributed by atoms with Gasteiger partial charge in [-0.1, -0.05) is 42.5 Å². The molecule has 106 valence electrons. The van der Waals surface area contributed by atoms with Gasteiger partial charge < -0.3 is 15.8 Å². The largest absolute Gasteiger partial charge is 0.489 e. The van der Waals surface area contributed by atoms with Gasteiger partial charge in [-0.25, -0.2) is 0 Å². The molecule has 0 amide bonds. The van der Waals surface area contributed by atoms with Crippen LogP contribution in [-0.2, 0) is 13.2 Å². The van der Waals surface area contributed by atoms with Crippen LogP contribution >= 0.6 is 0 Å². The first kappa shape index (κ1) is 14.6. The van der Waals surface area contributed by atoms with E-state index in [1.165, 1.54) is 11.1 Å². The van der Waals surface area contributed by atoms with Crippen molar-refractivity contribution >= 4 is 0 Å². The highest BCUT2D eigenvalue weighted by atomic mass is 16.5. The molecule has 0 heterocycles. The first-order chi connectivity index (χ1) is 9.78. The van der Waals surface area contributed by atoms with Crippen LogP contribution in [0, 0.1) is 0 Å². The third kappa shape index (κ3) is 4.68. The monoisotopic (exact) mass is 270 g/mol. The molecule has 0 bridgehead atoms. The zero-order chi connectivity index (χ0) is 14.2. The number of benzene rings is 2. The number of nitrogens with one attached hydrogen (secondary N) is 1. The van der Waals surface area contributed by atoms with Crippen LogP contribution < -0.4 is 15.8 Å². The number of hydrogen-bond donors (Lipinski definition) is 2. The molecule has 0 fully saturated rings. The van der Waals surface area contributed by atoms with E-state index in [2.05, 4.69) is 36.5 Å². The van der Waals surface area contributed by atoms with Gasteiger partial charge in [0.25, 0.3) is 0 Å². The Morgan fingerprint density at radius 2 is 1.70 bits per heavy atom. The van der Waals surface area contributed by atoms with Gasteiger partial charge in [-0.15, -0.1) is 0 Å². The smallest absolute Gasteiger partial charge is 0.119 e. The van der Waals surface area contributed by atoms with Crippen LogP contribution in [0.15, 0.2) is 54.6 Å². The fourth-order valence-electron chi connectivity index (χ4n) is 1.82. The summed E-state index contributed by atoms with van der Waals surface area (Å²) < 4.78 is 5.75. The first-order valence-corrected chi connectivity index (χ1v) is 6.97. The second-order valence-electron chi connectivity index (χ2n) is 4.94. The summed E-state index contributed by atoms with van der Waals surface area (Å²) in [5, 5.41) is 3.36. The minimum atomic E-state index is 0.337. The number of ether oxygens (including phenoxy) is 1. The Kier molecular flexibility index (Phi) is 5.59. The highest BCUT2D eigenvalue weighted by molar-refractivity contribution is 5.27. The average molecular weight is 270 g/mol. The molecule has 0 aromatic heterocycles. The van der Waals surface area contributed by atoms with Gasteiger partial charge in [0, 0.05) is 19.1 Å². The van der Waals surface area contributed by atoms with Gasteiger partial charge in [0.1, 0.15) is 12.4 Å². The standard InChI is InChI=1S/C17H22N2O/c1-14(11-18)19-12-15-7-9-17(10-8-15)20-13-16-5-3-2-4-6-16/h2-10,14,19H,11-13,18H2,1H3/t14-/m0/s1. The quantitative estimate of drug-likeness (QED) is 0.813. The van der Waals surface area contributed by atoms with Crippen LogP contribution in [-0.4, -0.2) is 12.6 Å². The molecule has 3 heteroatoms. The third-order valence-corrected chi connectivity index (χ3v) is 3.18. The zero-order valence-electron chi connectivity index (χ0n) is 11.9. The van der Waals surface area contributed by atoms with E-state index in [0.29, 0.717) is 19.2 Å². The Balaban J connectivity index is 1.82. The second kappa shape index (κ2) is 7.68. The van der Waals surface area contributed by atoms with E-state index in [1.54, 1.807) is 0 Å². The van der Waals surface area contributed by atoms with Gasteiger partial charge >= 0.3 is 0 Å². The van der Waals surface area contributed by atoms with E-state index in [4.69, 9.17) is 10.5 Å². The molecule has 2 rings (SSSR count). The fourth-order valence-corrected chi connectivity index (χ4v) is 1.82. The summed E-state index contributed by atoms with van der Waals surface area (Å²) in [6.45, 7) is 4.16. The minimum absolute atomic E-state index is 0.337. The molecule has 0 saturated heterocycles. The van der Waals surface area contributed by atoms with Gasteiger partial charge in [-0.2, -0.15) is 0 Å². The van der Waals surface area contributed by atoms with E-state index in [-0.39, 0.29) is 0 Å². The molecule has 3 N–H and O–H groups in total. The van der Waals surface area contributed by atoms with Crippen molar-refractivity contribution in [2.24, 2.45) is 5.73 Å². The van der Waals surface area contributed by atoms with Crippen molar-refractivity contribution in [2.75, 3.05) is 6.54 Å². The molecule has 2 aromatic rings. The summed E-state index contributed by atoms with van der Waals surface area (Å²) in [5.74, 6) is 0.893. The van der Waals surface area contributed by atoms with Crippen LogP contribution in [0.3, 0.4) is 0 Å². The minimum Gasteiger partial charge on any atom is -0.489 e. The van der Waals surface area contributed by atoms with Crippen molar-refractivity contribution in [3.05, 3.63) is 65.7 Å². The summed E-state index contributed by atoms with van der Waals surface area (Å²) in [7, 11) is 0. The Hall–Kier alpha value is -1.84. The van der Waals surface area contributed by atoms with E-state index in [9.17, 15) is 0 Å². The van der Waals surface area contributed by atoms with Gasteiger partial charge in [0.2, 0.25) is 0 Å². The Labute approximate surface area is 120 Å². The van der Waals surface area contributed by atoms with Crippen LogP contribution in [0.5, 0.6) is 5.75 Å². The molecule has 0 aliphatic carbocycles. The van der Waals surface area contributed by atoms with E-state index in [0.717, 1.165) is 12.3 Å². The summed E-state index contributed by atoms with van der Waals surface area (Å²) in [4.78, 5) is 0. The molecular formula is C17H22N2O. The van der Waals surface area contributed by atoms with Gasteiger partial charge in [0.05, 0.1) is 0 Å². The normalized spacial score (nSPS) is 12.1. The molecule has 20 heavy (non-hydrogen) atoms. The lowest BCUT2D eigenvalue weighted by atomic mass is 10.2. The van der Waals surface area contributed by atoms with Crippen molar-refractivity contribution in [1.82, 2.24) is 5.32 Å². The topological polar surface area (TPSA) is 47.3 Å². The van der Waals surface area contributed by atoms with Gasteiger partial charge in [0.15, 0.2) is 0 Å². The SMILES string of the molecule is C[C@@H](CN)NCc1ccc(OCc2ccccc2)cc1. The van der Waals surface area contributed by atoms with E-state index >= 15 is 0 Å². The Morgan fingerprint density at radius 3 is 2.35 bits per heavy atom. The van der Waals surface area contributed by atoms with E-state index in [1.807, 2.05) is 30.3 Å². The molecular weight excluding hydrogens is 248 g/mol. The van der Waals surface area contributed by atoms with Crippen LogP contribution in [0.4, 0.5) is 0 Å². The molecule has 0 spiro atoms.